The third kappa shape index (κ3) is 7.77. The summed E-state index contributed by atoms with van der Waals surface area (Å²) in [5.74, 6) is -1.96. The lowest BCUT2D eigenvalue weighted by molar-refractivity contribution is -0.141. The fraction of sp³-hybridized carbons (Fsp3) is 0.512. The van der Waals surface area contributed by atoms with E-state index in [9.17, 15) is 27.6 Å². The Hall–Kier alpha value is -5.03. The van der Waals surface area contributed by atoms with Gasteiger partial charge in [-0.3, -0.25) is 19.1 Å². The number of amides is 4. The summed E-state index contributed by atoms with van der Waals surface area (Å²) >= 11 is 1.42. The number of aromatic nitrogens is 2. The van der Waals surface area contributed by atoms with E-state index in [0.29, 0.717) is 65.2 Å². The van der Waals surface area contributed by atoms with Crippen LogP contribution in [0.25, 0.3) is 32.8 Å². The van der Waals surface area contributed by atoms with Crippen LogP contribution in [0.15, 0.2) is 58.5 Å². The minimum absolute atomic E-state index is 0.0258. The number of benzene rings is 1. The number of hydrogen-bond acceptors (Lipinski definition) is 12. The first-order chi connectivity index (χ1) is 28.1. The second-order valence-corrected chi connectivity index (χ2v) is 19.0. The predicted molar refractivity (Wildman–Crippen MR) is 214 cm³/mol. The highest BCUT2D eigenvalue weighted by Gasteiger charge is 2.62. The molecule has 58 heavy (non-hydrogen) atoms. The van der Waals surface area contributed by atoms with Crippen molar-refractivity contribution in [3.8, 4) is 16.5 Å². The van der Waals surface area contributed by atoms with Gasteiger partial charge in [0, 0.05) is 35.4 Å². The fourth-order valence-corrected chi connectivity index (χ4v) is 10.5. The maximum atomic E-state index is 14.7. The Labute approximate surface area is 339 Å². The van der Waals surface area contributed by atoms with Crippen molar-refractivity contribution in [2.75, 3.05) is 6.54 Å². The van der Waals surface area contributed by atoms with Gasteiger partial charge in [0.15, 0.2) is 11.3 Å². The summed E-state index contributed by atoms with van der Waals surface area (Å²) < 4.78 is 46.8. The van der Waals surface area contributed by atoms with Crippen molar-refractivity contribution in [2.24, 2.45) is 5.92 Å². The first kappa shape index (κ1) is 38.5. The number of pyridine rings is 1. The maximum Gasteiger partial charge on any atom is 0.408 e. The number of alkyl carbamates (subject to hydrolysis) is 1. The Balaban J connectivity index is 1.04. The van der Waals surface area contributed by atoms with Crippen LogP contribution in [0.3, 0.4) is 0 Å². The summed E-state index contributed by atoms with van der Waals surface area (Å²) in [6, 6.07) is 7.13. The van der Waals surface area contributed by atoms with Gasteiger partial charge in [-0.2, -0.15) is 0 Å². The van der Waals surface area contributed by atoms with Crippen molar-refractivity contribution in [2.45, 2.75) is 119 Å². The van der Waals surface area contributed by atoms with E-state index in [1.807, 2.05) is 41.8 Å². The molecule has 2 aliphatic heterocycles. The van der Waals surface area contributed by atoms with Crippen LogP contribution in [0.4, 0.5) is 4.79 Å². The lowest BCUT2D eigenvalue weighted by Crippen LogP contribution is -2.58. The van der Waals surface area contributed by atoms with Gasteiger partial charge >= 0.3 is 6.09 Å². The molecule has 15 nitrogen and oxygen atoms in total. The number of ether oxygens (including phenoxy) is 2. The van der Waals surface area contributed by atoms with E-state index in [2.05, 4.69) is 20.3 Å². The van der Waals surface area contributed by atoms with E-state index in [1.54, 1.807) is 12.3 Å². The van der Waals surface area contributed by atoms with Crippen LogP contribution in [0.5, 0.6) is 5.75 Å². The third-order valence-electron chi connectivity index (χ3n) is 11.9. The van der Waals surface area contributed by atoms with Gasteiger partial charge in [0.2, 0.25) is 21.8 Å². The molecule has 0 unspecified atom stereocenters. The zero-order valence-corrected chi connectivity index (χ0v) is 33.5. The van der Waals surface area contributed by atoms with E-state index in [4.69, 9.17) is 18.9 Å². The Morgan fingerprint density at radius 1 is 1.02 bits per heavy atom. The summed E-state index contributed by atoms with van der Waals surface area (Å²) in [6.07, 6.45) is 11.8. The van der Waals surface area contributed by atoms with E-state index in [0.717, 1.165) is 43.9 Å². The molecule has 0 bridgehead atoms. The predicted octanol–water partition coefficient (Wildman–Crippen LogP) is 5.49. The number of hydrogen-bond donors (Lipinski definition) is 3. The smallest absolute Gasteiger partial charge is 0.408 e. The minimum Gasteiger partial charge on any atom is -0.484 e. The molecule has 5 atom stereocenters. The Morgan fingerprint density at radius 3 is 2.62 bits per heavy atom. The lowest BCUT2D eigenvalue weighted by atomic mass is 10.0. The molecule has 5 heterocycles. The van der Waals surface area contributed by atoms with Crippen molar-refractivity contribution in [1.82, 2.24) is 30.2 Å². The van der Waals surface area contributed by atoms with Gasteiger partial charge in [-0.1, -0.05) is 37.1 Å². The summed E-state index contributed by atoms with van der Waals surface area (Å²) in [4.78, 5) is 67.1. The molecule has 4 fully saturated rings. The Morgan fingerprint density at radius 2 is 1.83 bits per heavy atom. The zero-order valence-electron chi connectivity index (χ0n) is 31.9. The molecule has 0 spiro atoms. The highest BCUT2D eigenvalue weighted by atomic mass is 32.2. The van der Waals surface area contributed by atoms with Gasteiger partial charge in [-0.05, 0) is 76.3 Å². The normalized spacial score (nSPS) is 27.6. The number of sulfonamides is 1. The molecular formula is C41H46N6O9S2. The molecule has 3 aromatic heterocycles. The summed E-state index contributed by atoms with van der Waals surface area (Å²) in [5.41, 5.74) is 0.638. The molecule has 17 heteroatoms. The number of carbonyl (C=O) groups is 4. The number of fused-ring (bicyclic) bond motifs is 5. The average Bonchev–Trinajstić information content (AvgIpc) is 3.81. The van der Waals surface area contributed by atoms with Gasteiger partial charge in [0.1, 0.15) is 51.6 Å². The fourth-order valence-electron chi connectivity index (χ4n) is 8.56. The first-order valence-corrected chi connectivity index (χ1v) is 22.7. The van der Waals surface area contributed by atoms with Crippen molar-refractivity contribution in [1.29, 1.82) is 0 Å². The van der Waals surface area contributed by atoms with Gasteiger partial charge in [0.05, 0.1) is 11.8 Å². The first-order valence-electron chi connectivity index (χ1n) is 20.3. The monoisotopic (exact) mass is 830 g/mol. The molecule has 0 radical (unpaired) electrons. The van der Waals surface area contributed by atoms with E-state index in [1.165, 1.54) is 16.2 Å². The highest BCUT2D eigenvalue weighted by molar-refractivity contribution is 7.91. The molecule has 3 N–H and O–H groups in total. The molecule has 4 aromatic rings. The average molecular weight is 831 g/mol. The summed E-state index contributed by atoms with van der Waals surface area (Å²) in [5, 5.41) is 8.41. The summed E-state index contributed by atoms with van der Waals surface area (Å²) in [6.45, 7) is -0.0258. The molecule has 3 aliphatic carbocycles. The van der Waals surface area contributed by atoms with Crippen molar-refractivity contribution >= 4 is 67.2 Å². The van der Waals surface area contributed by atoms with Gasteiger partial charge < -0.3 is 29.4 Å². The molecule has 306 valence electrons. The number of para-hydroxylation sites is 1. The third-order valence-corrected chi connectivity index (χ3v) is 14.6. The van der Waals surface area contributed by atoms with Gasteiger partial charge in [0.25, 0.3) is 5.91 Å². The number of nitrogens with one attached hydrogen (secondary N) is 3. The molecule has 4 amide bonds. The molecule has 1 saturated heterocycles. The van der Waals surface area contributed by atoms with Crippen LogP contribution in [0.2, 0.25) is 0 Å². The van der Waals surface area contributed by atoms with Crippen molar-refractivity contribution < 1.29 is 41.5 Å². The quantitative estimate of drug-likeness (QED) is 0.190. The van der Waals surface area contributed by atoms with Crippen molar-refractivity contribution in [3.63, 3.8) is 0 Å². The molecule has 3 saturated carbocycles. The van der Waals surface area contributed by atoms with Crippen LogP contribution in [0, 0.1) is 5.92 Å². The SMILES string of the molecule is O=C(N[C@H]1CCCCC/C=C\[C@H]2C[C@@]2(C(=O)NS(=O)(=O)C2CC2)NC(=O)[C@@H]2C[C@@H](Oc3cc(-c4nccs4)nc4c3oc3ccccc34)CN2C1=O)OC1CCCC1. The maximum absolute atomic E-state index is 14.7. The van der Waals surface area contributed by atoms with Crippen LogP contribution < -0.4 is 20.1 Å². The highest BCUT2D eigenvalue weighted by Crippen LogP contribution is 2.46. The van der Waals surface area contributed by atoms with Gasteiger partial charge in [-0.15, -0.1) is 11.3 Å². The number of furan rings is 1. The summed E-state index contributed by atoms with van der Waals surface area (Å²) in [7, 11) is -3.90. The minimum atomic E-state index is -3.90. The molecular weight excluding hydrogens is 785 g/mol. The van der Waals surface area contributed by atoms with Crippen LogP contribution in [-0.4, -0.2) is 88.7 Å². The zero-order chi connectivity index (χ0) is 40.0. The number of carbonyl (C=O) groups excluding carboxylic acids is 4. The van der Waals surface area contributed by atoms with E-state index < -0.39 is 68.7 Å². The molecule has 5 aliphatic rings. The number of thiazole rings is 1. The number of rotatable bonds is 8. The Kier molecular flexibility index (Phi) is 10.4. The second-order valence-electron chi connectivity index (χ2n) is 16.1. The molecule has 9 rings (SSSR count). The Bertz CT molecular complexity index is 2370. The lowest BCUT2D eigenvalue weighted by Gasteiger charge is -2.30. The number of allylic oxidation sites excluding steroid dienone is 1. The number of nitrogens with zero attached hydrogens (tertiary/aromatic N) is 3. The van der Waals surface area contributed by atoms with Gasteiger partial charge in [-0.25, -0.2) is 23.2 Å². The second kappa shape index (κ2) is 15.6. The standard InChI is InChI=1S/C41H46N6O9S2/c48-36-31-20-26(54-33-21-30(37-42-18-19-57-37)43-34-28-13-8-9-15-32(28)56-35(33)34)23-47(31)38(49)29(44-40(51)55-25-11-6-7-12-25)14-5-3-1-2-4-10-24-22-41(24,45-36)39(50)46-58(52,53)27-16-17-27/h4,8-10,13,15,18-19,21,24-27,29,31H,1-3,5-7,11-12,14,16-17,20,22-23H2,(H,44,51)(H,45,48)(H,46,50)/b10-4-/t24-,26+,29-,31-,41+/m0/s1. The topological polar surface area (TPSA) is 199 Å². The van der Waals surface area contributed by atoms with Crippen LogP contribution in [-0.2, 0) is 29.1 Å². The van der Waals surface area contributed by atoms with Crippen LogP contribution in [0.1, 0.15) is 83.5 Å². The van der Waals surface area contributed by atoms with E-state index >= 15 is 0 Å². The van der Waals surface area contributed by atoms with Crippen molar-refractivity contribution in [3.05, 3.63) is 54.1 Å². The largest absolute Gasteiger partial charge is 0.484 e. The van der Waals surface area contributed by atoms with E-state index in [-0.39, 0.29) is 25.5 Å². The molecule has 1 aromatic carbocycles. The van der Waals surface area contributed by atoms with Crippen LogP contribution >= 0.6 is 11.3 Å².